The van der Waals surface area contributed by atoms with Crippen LogP contribution in [0.5, 0.6) is 0 Å². The number of nitrogens with two attached hydrogens (primary N) is 1. The zero-order chi connectivity index (χ0) is 22.5. The van der Waals surface area contributed by atoms with Crippen LogP contribution in [-0.4, -0.2) is 24.4 Å². The normalized spacial score (nSPS) is 33.2. The summed E-state index contributed by atoms with van der Waals surface area (Å²) in [6.07, 6.45) is 7.54. The quantitative estimate of drug-likeness (QED) is 0.690. The van der Waals surface area contributed by atoms with Gasteiger partial charge in [-0.15, -0.1) is 0 Å². The maximum atomic E-state index is 11.6. The highest BCUT2D eigenvalue weighted by atomic mass is 16.3. The predicted molar refractivity (Wildman–Crippen MR) is 131 cm³/mol. The van der Waals surface area contributed by atoms with Crippen molar-refractivity contribution < 1.29 is 9.90 Å². The van der Waals surface area contributed by atoms with E-state index in [1.807, 2.05) is 12.1 Å². The van der Waals surface area contributed by atoms with Crippen molar-refractivity contribution in [2.75, 3.05) is 0 Å². The second-order valence-electron chi connectivity index (χ2n) is 11.0. The number of amides is 1. The Morgan fingerprint density at radius 3 is 2.81 bits per heavy atom. The van der Waals surface area contributed by atoms with E-state index in [9.17, 15) is 9.90 Å². The minimum atomic E-state index is -0.384. The van der Waals surface area contributed by atoms with Gasteiger partial charge in [-0.1, -0.05) is 56.0 Å². The molecule has 3 nitrogen and oxygen atoms in total. The van der Waals surface area contributed by atoms with E-state index in [4.69, 9.17) is 5.73 Å². The SMILES string of the molecule is CBCc1ccc2c(c1)CC[C@@H]1[C@@H]2CCC2(C)[C@@H](O)[C@@H](Cc3cccc(C(N)=O)c3)C[C@@H]12. The molecule has 6 atom stereocenters. The summed E-state index contributed by atoms with van der Waals surface area (Å²) in [5.74, 6) is 1.76. The smallest absolute Gasteiger partial charge is 0.248 e. The summed E-state index contributed by atoms with van der Waals surface area (Å²) >= 11 is 0. The van der Waals surface area contributed by atoms with Gasteiger partial charge in [0.2, 0.25) is 5.91 Å². The molecule has 0 heterocycles. The molecular weight excluding hydrogens is 393 g/mol. The predicted octanol–water partition coefficient (Wildman–Crippen LogP) is 4.46. The van der Waals surface area contributed by atoms with Crippen molar-refractivity contribution in [2.45, 2.75) is 70.6 Å². The Bertz CT molecular complexity index is 1020. The number of benzene rings is 2. The molecule has 3 aliphatic carbocycles. The lowest BCUT2D eigenvalue weighted by Crippen LogP contribution is -2.44. The summed E-state index contributed by atoms with van der Waals surface area (Å²) in [6.45, 7) is 4.60. The number of aryl methyl sites for hydroxylation is 1. The summed E-state index contributed by atoms with van der Waals surface area (Å²) in [7, 11) is 1.20. The maximum Gasteiger partial charge on any atom is 0.248 e. The third-order valence-electron chi connectivity index (χ3n) is 9.16. The van der Waals surface area contributed by atoms with Crippen LogP contribution in [-0.2, 0) is 19.2 Å². The number of fused-ring (bicyclic) bond motifs is 5. The number of hydrogen-bond acceptors (Lipinski definition) is 2. The van der Waals surface area contributed by atoms with E-state index < -0.39 is 0 Å². The molecule has 2 aromatic carbocycles. The molecule has 0 spiro atoms. The molecule has 3 N–H and O–H groups in total. The Balaban J connectivity index is 1.38. The molecule has 0 saturated heterocycles. The largest absolute Gasteiger partial charge is 0.392 e. The standard InChI is InChI=1S/C28H36BNO2/c1-28-11-10-23-22-8-6-18(16-29-2)14-19(22)7-9-24(23)25(28)15-21(26(28)31)13-17-4-3-5-20(12-17)27(30)32/h3-6,8,12,14,21,23-26,29,31H,7,9-11,13,15-16H2,1-2H3,(H2,30,32)/t21-,23+,24+,25-,26-,28?/m0/s1. The van der Waals surface area contributed by atoms with Gasteiger partial charge in [-0.3, -0.25) is 4.79 Å². The number of hydrogen-bond donors (Lipinski definition) is 2. The van der Waals surface area contributed by atoms with Crippen molar-refractivity contribution in [1.82, 2.24) is 0 Å². The number of aliphatic hydroxyl groups excluding tert-OH is 1. The van der Waals surface area contributed by atoms with Crippen LogP contribution >= 0.6 is 0 Å². The number of rotatable bonds is 5. The Morgan fingerprint density at radius 2 is 2.03 bits per heavy atom. The van der Waals surface area contributed by atoms with E-state index in [0.29, 0.717) is 23.3 Å². The Labute approximate surface area is 193 Å². The second-order valence-corrected chi connectivity index (χ2v) is 11.0. The summed E-state index contributed by atoms with van der Waals surface area (Å²) in [5.41, 5.74) is 11.8. The van der Waals surface area contributed by atoms with E-state index in [2.05, 4.69) is 38.0 Å². The molecule has 0 bridgehead atoms. The van der Waals surface area contributed by atoms with Gasteiger partial charge in [0.05, 0.1) is 6.10 Å². The molecular formula is C28H36BNO2. The highest BCUT2D eigenvalue weighted by Gasteiger charge is 2.57. The monoisotopic (exact) mass is 429 g/mol. The average molecular weight is 429 g/mol. The van der Waals surface area contributed by atoms with Gasteiger partial charge in [0.15, 0.2) is 0 Å². The lowest BCUT2D eigenvalue weighted by atomic mass is 9.55. The van der Waals surface area contributed by atoms with E-state index in [1.165, 1.54) is 38.4 Å². The third kappa shape index (κ3) is 3.61. The van der Waals surface area contributed by atoms with E-state index in [-0.39, 0.29) is 23.3 Å². The third-order valence-corrected chi connectivity index (χ3v) is 9.16. The van der Waals surface area contributed by atoms with Gasteiger partial charge >= 0.3 is 0 Å². The zero-order valence-corrected chi connectivity index (χ0v) is 19.5. The fourth-order valence-corrected chi connectivity index (χ4v) is 7.58. The highest BCUT2D eigenvalue weighted by Crippen LogP contribution is 2.62. The minimum absolute atomic E-state index is 0.00673. The summed E-state index contributed by atoms with van der Waals surface area (Å²) in [4.78, 5) is 11.6. The van der Waals surface area contributed by atoms with Crippen LogP contribution in [0.25, 0.3) is 0 Å². The molecule has 4 heteroatoms. The molecule has 0 radical (unpaired) electrons. The fraction of sp³-hybridized carbons (Fsp3) is 0.536. The van der Waals surface area contributed by atoms with Crippen LogP contribution in [0.4, 0.5) is 0 Å². The molecule has 1 amide bonds. The van der Waals surface area contributed by atoms with Crippen LogP contribution in [0.3, 0.4) is 0 Å². The highest BCUT2D eigenvalue weighted by molar-refractivity contribution is 6.32. The van der Waals surface area contributed by atoms with Gasteiger partial charge in [0.1, 0.15) is 7.28 Å². The average Bonchev–Trinajstić information content (AvgIpc) is 3.04. The van der Waals surface area contributed by atoms with Gasteiger partial charge in [-0.2, -0.15) is 0 Å². The van der Waals surface area contributed by atoms with Crippen LogP contribution in [0.15, 0.2) is 42.5 Å². The van der Waals surface area contributed by atoms with Crippen molar-refractivity contribution in [1.29, 1.82) is 0 Å². The van der Waals surface area contributed by atoms with Crippen molar-refractivity contribution in [3.63, 3.8) is 0 Å². The number of aliphatic hydroxyl groups is 1. The van der Waals surface area contributed by atoms with Gasteiger partial charge in [0.25, 0.3) is 0 Å². The van der Waals surface area contributed by atoms with Gasteiger partial charge in [-0.05, 0) is 96.4 Å². The van der Waals surface area contributed by atoms with Crippen molar-refractivity contribution >= 4 is 13.2 Å². The maximum absolute atomic E-state index is 11.6. The summed E-state index contributed by atoms with van der Waals surface area (Å²) in [5, 5.41) is 11.5. The van der Waals surface area contributed by atoms with Crippen LogP contribution < -0.4 is 5.73 Å². The summed E-state index contributed by atoms with van der Waals surface area (Å²) < 4.78 is 0. The first-order valence-electron chi connectivity index (χ1n) is 12.6. The van der Waals surface area contributed by atoms with Crippen molar-refractivity contribution in [3.05, 3.63) is 70.3 Å². The first-order chi connectivity index (χ1) is 15.4. The van der Waals surface area contributed by atoms with Crippen LogP contribution in [0.1, 0.15) is 71.1 Å². The molecule has 5 rings (SSSR count). The number of primary amides is 1. The molecule has 2 aromatic rings. The van der Waals surface area contributed by atoms with Crippen molar-refractivity contribution in [3.8, 4) is 0 Å². The molecule has 2 fully saturated rings. The first kappa shape index (κ1) is 21.8. The lowest BCUT2D eigenvalue weighted by molar-refractivity contribution is -0.0325. The van der Waals surface area contributed by atoms with Crippen LogP contribution in [0, 0.1) is 23.2 Å². The van der Waals surface area contributed by atoms with Gasteiger partial charge in [-0.25, -0.2) is 0 Å². The molecule has 0 aromatic heterocycles. The van der Waals surface area contributed by atoms with Crippen LogP contribution in [0.2, 0.25) is 6.82 Å². The second kappa shape index (κ2) is 8.37. The summed E-state index contributed by atoms with van der Waals surface area (Å²) in [6, 6.07) is 14.9. The number of carbonyl (C=O) groups excluding carboxylic acids is 1. The molecule has 1 unspecified atom stereocenters. The number of carbonyl (C=O) groups is 1. The molecule has 0 aliphatic heterocycles. The van der Waals surface area contributed by atoms with Gasteiger partial charge in [0, 0.05) is 5.56 Å². The van der Waals surface area contributed by atoms with Gasteiger partial charge < -0.3 is 10.8 Å². The molecule has 3 aliphatic rings. The molecule has 168 valence electrons. The zero-order valence-electron chi connectivity index (χ0n) is 19.5. The Hall–Kier alpha value is -2.07. The first-order valence-corrected chi connectivity index (χ1v) is 12.6. The minimum Gasteiger partial charge on any atom is -0.392 e. The van der Waals surface area contributed by atoms with E-state index in [0.717, 1.165) is 24.8 Å². The van der Waals surface area contributed by atoms with E-state index >= 15 is 0 Å². The topological polar surface area (TPSA) is 63.3 Å². The van der Waals surface area contributed by atoms with Crippen molar-refractivity contribution in [2.24, 2.45) is 28.9 Å². The Morgan fingerprint density at radius 1 is 1.19 bits per heavy atom. The lowest BCUT2D eigenvalue weighted by Gasteiger charge is -2.50. The molecule has 32 heavy (non-hydrogen) atoms. The fourth-order valence-electron chi connectivity index (χ4n) is 7.58. The van der Waals surface area contributed by atoms with E-state index in [1.54, 1.807) is 17.2 Å². The molecule has 2 saturated carbocycles. The Kier molecular flexibility index (Phi) is 5.69.